The molecule has 10 aromatic rings. The fourth-order valence-electron chi connectivity index (χ4n) is 7.48. The molecule has 0 amide bonds. The van der Waals surface area contributed by atoms with E-state index >= 15 is 0 Å². The second kappa shape index (κ2) is 11.8. The van der Waals surface area contributed by atoms with Crippen LogP contribution in [0.5, 0.6) is 0 Å². The highest BCUT2D eigenvalue weighted by Crippen LogP contribution is 2.50. The Kier molecular flexibility index (Phi) is 6.82. The van der Waals surface area contributed by atoms with Crippen molar-refractivity contribution < 1.29 is 0 Å². The molecule has 10 rings (SSSR count). The molecule has 234 valence electrons. The van der Waals surface area contributed by atoms with Crippen LogP contribution in [-0.4, -0.2) is 19.9 Å². The smallest absolute Gasteiger partial charge is 0.0818 e. The Morgan fingerprint density at radius 2 is 0.640 bits per heavy atom. The van der Waals surface area contributed by atoms with Crippen molar-refractivity contribution in [2.75, 3.05) is 0 Å². The summed E-state index contributed by atoms with van der Waals surface area (Å²) in [7, 11) is 0. The van der Waals surface area contributed by atoms with E-state index in [1.807, 2.05) is 35.8 Å². The molecule has 50 heavy (non-hydrogen) atoms. The zero-order chi connectivity index (χ0) is 33.0. The Bertz CT molecular complexity index is 2530. The predicted octanol–water partition coefficient (Wildman–Crippen LogP) is 12.3. The molecular formula is C44H26N4S2. The Hall–Kier alpha value is -6.08. The van der Waals surface area contributed by atoms with Crippen LogP contribution in [0.2, 0.25) is 0 Å². The summed E-state index contributed by atoms with van der Waals surface area (Å²) in [6, 6.07) is 44.0. The Morgan fingerprint density at radius 3 is 0.900 bits per heavy atom. The van der Waals surface area contributed by atoms with Crippen molar-refractivity contribution in [1.82, 2.24) is 19.9 Å². The average molecular weight is 675 g/mol. The molecule has 0 bridgehead atoms. The van der Waals surface area contributed by atoms with Crippen LogP contribution < -0.4 is 0 Å². The van der Waals surface area contributed by atoms with Gasteiger partial charge in [0.1, 0.15) is 0 Å². The van der Waals surface area contributed by atoms with Crippen LogP contribution in [0.15, 0.2) is 157 Å². The fourth-order valence-corrected chi connectivity index (χ4v) is 8.67. The van der Waals surface area contributed by atoms with E-state index in [-0.39, 0.29) is 0 Å². The highest BCUT2D eigenvalue weighted by Gasteiger charge is 2.22. The number of pyridine rings is 2. The summed E-state index contributed by atoms with van der Waals surface area (Å²) < 4.78 is 0. The van der Waals surface area contributed by atoms with Gasteiger partial charge in [-0.25, -0.2) is 0 Å². The summed E-state index contributed by atoms with van der Waals surface area (Å²) in [4.78, 5) is 20.4. The van der Waals surface area contributed by atoms with Gasteiger partial charge in [-0.3, -0.25) is 19.9 Å². The van der Waals surface area contributed by atoms with Crippen LogP contribution in [0.4, 0.5) is 0 Å². The summed E-state index contributed by atoms with van der Waals surface area (Å²) in [5.41, 5.74) is 12.6. The first-order chi connectivity index (χ1) is 24.8. The average Bonchev–Trinajstić information content (AvgIpc) is 3.93. The monoisotopic (exact) mass is 674 g/mol. The van der Waals surface area contributed by atoms with Crippen molar-refractivity contribution in [3.63, 3.8) is 0 Å². The quantitative estimate of drug-likeness (QED) is 0.171. The molecular weight excluding hydrogens is 649 g/mol. The van der Waals surface area contributed by atoms with Crippen LogP contribution in [0.1, 0.15) is 0 Å². The van der Waals surface area contributed by atoms with Crippen molar-refractivity contribution in [3.8, 4) is 54.5 Å². The highest BCUT2D eigenvalue weighted by molar-refractivity contribution is 7.13. The Morgan fingerprint density at radius 1 is 0.320 bits per heavy atom. The van der Waals surface area contributed by atoms with Gasteiger partial charge in [-0.1, -0.05) is 109 Å². The molecule has 0 unspecified atom stereocenters. The number of nitrogens with zero attached hydrogens (tertiary/aromatic N) is 4. The minimum atomic E-state index is 0.938. The van der Waals surface area contributed by atoms with Gasteiger partial charge in [0.2, 0.25) is 0 Å². The third-order valence-electron chi connectivity index (χ3n) is 9.59. The van der Waals surface area contributed by atoms with Crippen LogP contribution in [0.25, 0.3) is 97.6 Å². The van der Waals surface area contributed by atoms with Gasteiger partial charge in [-0.05, 0) is 77.5 Å². The van der Waals surface area contributed by atoms with Gasteiger partial charge >= 0.3 is 0 Å². The van der Waals surface area contributed by atoms with E-state index in [0.717, 1.165) is 32.3 Å². The number of hydrogen-bond acceptors (Lipinski definition) is 6. The Balaban J connectivity index is 1.27. The third kappa shape index (κ3) is 4.57. The van der Waals surface area contributed by atoms with Gasteiger partial charge in [0, 0.05) is 35.9 Å². The zero-order valence-corrected chi connectivity index (χ0v) is 28.2. The summed E-state index contributed by atoms with van der Waals surface area (Å²) in [6.45, 7) is 0. The van der Waals surface area contributed by atoms with Gasteiger partial charge < -0.3 is 0 Å². The van der Waals surface area contributed by atoms with Crippen LogP contribution in [0, 0.1) is 0 Å². The molecule has 4 heterocycles. The summed E-state index contributed by atoms with van der Waals surface area (Å²) in [5.74, 6) is 0. The topological polar surface area (TPSA) is 51.6 Å². The van der Waals surface area contributed by atoms with Crippen molar-refractivity contribution in [2.24, 2.45) is 0 Å². The van der Waals surface area contributed by atoms with Crippen LogP contribution in [0.3, 0.4) is 0 Å². The molecule has 0 spiro atoms. The summed E-state index contributed by atoms with van der Waals surface area (Å²) in [6.07, 6.45) is 7.77. The van der Waals surface area contributed by atoms with Gasteiger partial charge in [-0.2, -0.15) is 0 Å². The van der Waals surface area contributed by atoms with E-state index < -0.39 is 0 Å². The number of fused-ring (bicyclic) bond motifs is 4. The molecule has 0 saturated carbocycles. The van der Waals surface area contributed by atoms with Crippen LogP contribution >= 0.6 is 22.7 Å². The standard InChI is InChI=1S/C44H26N4S2/c1-5-13-33-29(9-1)41(27-17-19-37(47-21-27)39-23-45-25-49-39)30-10-2-6-14-34(30)43(33)44-35-15-7-3-11-31(35)42(32-12-4-8-16-36(32)44)28-18-20-38(48-22-28)40-24-46-26-50-40/h1-26H. The van der Waals surface area contributed by atoms with Gasteiger partial charge in [-0.15, -0.1) is 22.7 Å². The number of rotatable bonds is 5. The lowest BCUT2D eigenvalue weighted by molar-refractivity contribution is 1.33. The second-order valence-corrected chi connectivity index (χ2v) is 14.1. The SMILES string of the molecule is c1ccc2c(-c3c4ccccc4c(-c4ccc(-c5cncs5)nc4)c4ccccc34)c3ccccc3c(-c3ccc(-c4cncs4)nc3)c2c1. The van der Waals surface area contributed by atoms with E-state index in [1.165, 1.54) is 65.3 Å². The molecule has 0 radical (unpaired) electrons. The molecule has 0 fully saturated rings. The first-order valence-electron chi connectivity index (χ1n) is 16.4. The molecule has 0 N–H and O–H groups in total. The molecule has 6 aromatic carbocycles. The molecule has 0 atom stereocenters. The molecule has 6 heteroatoms. The van der Waals surface area contributed by atoms with Crippen LogP contribution in [-0.2, 0) is 0 Å². The van der Waals surface area contributed by atoms with Gasteiger partial charge in [0.25, 0.3) is 0 Å². The minimum Gasteiger partial charge on any atom is -0.255 e. The van der Waals surface area contributed by atoms with E-state index in [1.54, 1.807) is 22.7 Å². The summed E-state index contributed by atoms with van der Waals surface area (Å²) in [5, 5.41) is 9.67. The number of thiazole rings is 2. The predicted molar refractivity (Wildman–Crippen MR) is 211 cm³/mol. The largest absolute Gasteiger partial charge is 0.255 e. The number of benzene rings is 6. The number of hydrogen-bond donors (Lipinski definition) is 0. The van der Waals surface area contributed by atoms with Gasteiger partial charge in [0.05, 0.1) is 32.2 Å². The molecule has 0 aliphatic rings. The minimum absolute atomic E-state index is 0.938. The maximum atomic E-state index is 4.89. The van der Waals surface area contributed by atoms with Gasteiger partial charge in [0.15, 0.2) is 0 Å². The second-order valence-electron chi connectivity index (χ2n) is 12.3. The van der Waals surface area contributed by atoms with Crippen molar-refractivity contribution in [1.29, 1.82) is 0 Å². The van der Waals surface area contributed by atoms with Crippen molar-refractivity contribution in [2.45, 2.75) is 0 Å². The molecule has 0 saturated heterocycles. The third-order valence-corrected chi connectivity index (χ3v) is 11.2. The van der Waals surface area contributed by atoms with E-state index in [0.29, 0.717) is 0 Å². The maximum Gasteiger partial charge on any atom is 0.0818 e. The van der Waals surface area contributed by atoms with Crippen molar-refractivity contribution in [3.05, 3.63) is 157 Å². The molecule has 0 aliphatic carbocycles. The first kappa shape index (κ1) is 28.9. The Labute approximate surface area is 296 Å². The van der Waals surface area contributed by atoms with E-state index in [2.05, 4.69) is 131 Å². The molecule has 0 aliphatic heterocycles. The lowest BCUT2D eigenvalue weighted by Crippen LogP contribution is -1.95. The molecule has 4 aromatic heterocycles. The van der Waals surface area contributed by atoms with Crippen molar-refractivity contribution >= 4 is 65.8 Å². The lowest BCUT2D eigenvalue weighted by atomic mass is 9.81. The zero-order valence-electron chi connectivity index (χ0n) is 26.6. The normalized spacial score (nSPS) is 11.6. The fraction of sp³-hybridized carbons (Fsp3) is 0. The summed E-state index contributed by atoms with van der Waals surface area (Å²) >= 11 is 3.21. The number of aromatic nitrogens is 4. The van der Waals surface area contributed by atoms with E-state index in [9.17, 15) is 0 Å². The van der Waals surface area contributed by atoms with E-state index in [4.69, 9.17) is 9.97 Å². The molecule has 4 nitrogen and oxygen atoms in total. The lowest BCUT2D eigenvalue weighted by Gasteiger charge is -2.22. The highest BCUT2D eigenvalue weighted by atomic mass is 32.1. The first-order valence-corrected chi connectivity index (χ1v) is 18.2. The maximum absolute atomic E-state index is 4.89.